The van der Waals surface area contributed by atoms with E-state index < -0.39 is 5.41 Å². The van der Waals surface area contributed by atoms with Gasteiger partial charge in [0.25, 0.3) is 0 Å². The lowest BCUT2D eigenvalue weighted by molar-refractivity contribution is -0.144. The highest BCUT2D eigenvalue weighted by molar-refractivity contribution is 5.85. The Kier molecular flexibility index (Phi) is 6.00. The third-order valence-corrected chi connectivity index (χ3v) is 3.99. The van der Waals surface area contributed by atoms with Crippen molar-refractivity contribution < 1.29 is 9.59 Å². The topological polar surface area (TPSA) is 64.4 Å². The Labute approximate surface area is 121 Å². The van der Waals surface area contributed by atoms with Gasteiger partial charge in [-0.1, -0.05) is 26.7 Å². The maximum atomic E-state index is 12.7. The van der Waals surface area contributed by atoms with Crippen LogP contribution in [0.4, 0.5) is 0 Å². The van der Waals surface area contributed by atoms with E-state index in [4.69, 9.17) is 0 Å². The summed E-state index contributed by atoms with van der Waals surface area (Å²) in [4.78, 5) is 27.5. The highest BCUT2D eigenvalue weighted by Gasteiger charge is 2.40. The minimum absolute atomic E-state index is 0.0470. The van der Waals surface area contributed by atoms with Crippen molar-refractivity contribution in [3.8, 4) is 6.07 Å². The summed E-state index contributed by atoms with van der Waals surface area (Å²) in [6, 6.07) is 2.28. The van der Waals surface area contributed by atoms with Gasteiger partial charge in [-0.25, -0.2) is 0 Å². The molecule has 5 nitrogen and oxygen atoms in total. The minimum Gasteiger partial charge on any atom is -0.339 e. The van der Waals surface area contributed by atoms with E-state index in [9.17, 15) is 14.9 Å². The Morgan fingerprint density at radius 1 is 1.05 bits per heavy atom. The molecule has 0 radical (unpaired) electrons. The number of carbonyl (C=O) groups is 2. The fourth-order valence-corrected chi connectivity index (χ4v) is 2.88. The summed E-state index contributed by atoms with van der Waals surface area (Å²) in [5.41, 5.74) is -0.873. The number of nitrogens with zero attached hydrogens (tertiary/aromatic N) is 3. The molecule has 112 valence electrons. The second-order valence-corrected chi connectivity index (χ2v) is 5.49. The quantitative estimate of drug-likeness (QED) is 0.770. The van der Waals surface area contributed by atoms with Crippen molar-refractivity contribution >= 4 is 11.8 Å². The maximum Gasteiger partial charge on any atom is 0.243 e. The molecule has 0 spiro atoms. The zero-order valence-corrected chi connectivity index (χ0v) is 12.8. The van der Waals surface area contributed by atoms with Crippen LogP contribution >= 0.6 is 0 Å². The summed E-state index contributed by atoms with van der Waals surface area (Å²) in [6.07, 6.45) is 2.88. The maximum absolute atomic E-state index is 12.7. The van der Waals surface area contributed by atoms with Crippen LogP contribution in [-0.2, 0) is 9.59 Å². The van der Waals surface area contributed by atoms with Crippen LogP contribution in [0.15, 0.2) is 0 Å². The first-order chi connectivity index (χ1) is 9.50. The highest BCUT2D eigenvalue weighted by atomic mass is 16.2. The van der Waals surface area contributed by atoms with Crippen molar-refractivity contribution in [3.63, 3.8) is 0 Å². The van der Waals surface area contributed by atoms with Gasteiger partial charge in [0.1, 0.15) is 5.41 Å². The van der Waals surface area contributed by atoms with Crippen LogP contribution < -0.4 is 0 Å². The molecule has 20 heavy (non-hydrogen) atoms. The molecule has 1 aliphatic rings. The van der Waals surface area contributed by atoms with Gasteiger partial charge in [0, 0.05) is 33.1 Å². The Morgan fingerprint density at radius 2 is 1.50 bits per heavy atom. The summed E-state index contributed by atoms with van der Waals surface area (Å²) in [7, 11) is 0. The molecule has 0 saturated carbocycles. The molecule has 5 heteroatoms. The minimum atomic E-state index is -0.873. The Balaban J connectivity index is 2.77. The molecule has 2 amide bonds. The van der Waals surface area contributed by atoms with E-state index in [0.717, 1.165) is 12.8 Å². The molecule has 0 aliphatic carbocycles. The molecule has 0 unspecified atom stereocenters. The Hall–Kier alpha value is -1.57. The van der Waals surface area contributed by atoms with E-state index in [1.54, 1.807) is 16.7 Å². The summed E-state index contributed by atoms with van der Waals surface area (Å²) in [6.45, 7) is 7.77. The SMILES string of the molecule is CCCC(C#N)(CCC)C(=O)N1CCN(C(C)=O)CC1. The summed E-state index contributed by atoms with van der Waals surface area (Å²) in [5.74, 6) is -0.00216. The van der Waals surface area contributed by atoms with E-state index in [1.165, 1.54) is 0 Å². The van der Waals surface area contributed by atoms with Crippen LogP contribution in [0, 0.1) is 16.7 Å². The first kappa shape index (κ1) is 16.5. The number of hydrogen-bond acceptors (Lipinski definition) is 3. The average Bonchev–Trinajstić information content (AvgIpc) is 2.46. The lowest BCUT2D eigenvalue weighted by atomic mass is 9.79. The highest BCUT2D eigenvalue weighted by Crippen LogP contribution is 2.32. The van der Waals surface area contributed by atoms with Gasteiger partial charge in [-0.2, -0.15) is 5.26 Å². The second-order valence-electron chi connectivity index (χ2n) is 5.49. The van der Waals surface area contributed by atoms with Crippen molar-refractivity contribution in [2.45, 2.75) is 46.5 Å². The van der Waals surface area contributed by atoms with Gasteiger partial charge in [0.05, 0.1) is 6.07 Å². The van der Waals surface area contributed by atoms with Gasteiger partial charge in [-0.05, 0) is 12.8 Å². The summed E-state index contributed by atoms with van der Waals surface area (Å²) >= 11 is 0. The first-order valence-electron chi connectivity index (χ1n) is 7.47. The van der Waals surface area contributed by atoms with E-state index in [2.05, 4.69) is 6.07 Å². The number of amides is 2. The largest absolute Gasteiger partial charge is 0.339 e. The number of piperazine rings is 1. The molecule has 0 aromatic carbocycles. The molecule has 1 aliphatic heterocycles. The van der Waals surface area contributed by atoms with Gasteiger partial charge in [0.2, 0.25) is 11.8 Å². The second kappa shape index (κ2) is 7.28. The van der Waals surface area contributed by atoms with Crippen molar-refractivity contribution in [1.82, 2.24) is 9.80 Å². The Morgan fingerprint density at radius 3 is 1.85 bits per heavy atom. The lowest BCUT2D eigenvalue weighted by Crippen LogP contribution is -2.53. The molecule has 1 fully saturated rings. The standard InChI is InChI=1S/C15H25N3O2/c1-4-6-15(12-16,7-5-2)14(20)18-10-8-17(9-11-18)13(3)19/h4-11H2,1-3H3. The molecule has 1 saturated heterocycles. The fraction of sp³-hybridized carbons (Fsp3) is 0.800. The summed E-state index contributed by atoms with van der Waals surface area (Å²) < 4.78 is 0. The van der Waals surface area contributed by atoms with E-state index in [1.807, 2.05) is 13.8 Å². The van der Waals surface area contributed by atoms with Crippen LogP contribution in [0.3, 0.4) is 0 Å². The van der Waals surface area contributed by atoms with Gasteiger partial charge >= 0.3 is 0 Å². The molecule has 0 bridgehead atoms. The van der Waals surface area contributed by atoms with Crippen LogP contribution in [-0.4, -0.2) is 47.8 Å². The third kappa shape index (κ3) is 3.50. The van der Waals surface area contributed by atoms with Crippen molar-refractivity contribution in [2.75, 3.05) is 26.2 Å². The van der Waals surface area contributed by atoms with Gasteiger partial charge in [0.15, 0.2) is 0 Å². The Bertz CT molecular complexity index is 386. The zero-order valence-electron chi connectivity index (χ0n) is 12.8. The predicted octanol–water partition coefficient (Wildman–Crippen LogP) is 1.79. The van der Waals surface area contributed by atoms with Crippen molar-refractivity contribution in [2.24, 2.45) is 5.41 Å². The van der Waals surface area contributed by atoms with Gasteiger partial charge in [-0.3, -0.25) is 9.59 Å². The van der Waals surface area contributed by atoms with E-state index >= 15 is 0 Å². The molecule has 0 N–H and O–H groups in total. The summed E-state index contributed by atoms with van der Waals surface area (Å²) in [5, 5.41) is 9.52. The molecule has 0 aromatic heterocycles. The van der Waals surface area contributed by atoms with Crippen LogP contribution in [0.5, 0.6) is 0 Å². The van der Waals surface area contributed by atoms with E-state index in [0.29, 0.717) is 39.0 Å². The first-order valence-corrected chi connectivity index (χ1v) is 7.47. The van der Waals surface area contributed by atoms with Crippen molar-refractivity contribution in [1.29, 1.82) is 5.26 Å². The van der Waals surface area contributed by atoms with Gasteiger partial charge < -0.3 is 9.80 Å². The number of hydrogen-bond donors (Lipinski definition) is 0. The van der Waals surface area contributed by atoms with Crippen LogP contribution in [0.2, 0.25) is 0 Å². The van der Waals surface area contributed by atoms with Crippen LogP contribution in [0.25, 0.3) is 0 Å². The molecular weight excluding hydrogens is 254 g/mol. The number of rotatable bonds is 5. The number of carbonyl (C=O) groups excluding carboxylic acids is 2. The van der Waals surface area contributed by atoms with Gasteiger partial charge in [-0.15, -0.1) is 0 Å². The monoisotopic (exact) mass is 279 g/mol. The third-order valence-electron chi connectivity index (χ3n) is 3.99. The normalized spacial score (nSPS) is 15.9. The molecule has 1 heterocycles. The molecular formula is C15H25N3O2. The van der Waals surface area contributed by atoms with E-state index in [-0.39, 0.29) is 11.8 Å². The molecule has 1 rings (SSSR count). The van der Waals surface area contributed by atoms with Crippen LogP contribution in [0.1, 0.15) is 46.5 Å². The molecule has 0 aromatic rings. The predicted molar refractivity (Wildman–Crippen MR) is 76.7 cm³/mol. The lowest BCUT2D eigenvalue weighted by Gasteiger charge is -2.38. The average molecular weight is 279 g/mol. The molecule has 0 atom stereocenters. The number of nitriles is 1. The fourth-order valence-electron chi connectivity index (χ4n) is 2.88. The smallest absolute Gasteiger partial charge is 0.243 e. The van der Waals surface area contributed by atoms with Crippen molar-refractivity contribution in [3.05, 3.63) is 0 Å². The zero-order chi connectivity index (χ0) is 15.2.